The van der Waals surface area contributed by atoms with Crippen molar-refractivity contribution in [1.29, 1.82) is 0 Å². The summed E-state index contributed by atoms with van der Waals surface area (Å²) in [6, 6.07) is 4.89. The molecule has 0 bridgehead atoms. The monoisotopic (exact) mass is 349 g/mol. The van der Waals surface area contributed by atoms with Gasteiger partial charge in [0, 0.05) is 12.7 Å². The number of alkyl halides is 1. The Morgan fingerprint density at radius 1 is 0.938 bits per heavy atom. The van der Waals surface area contributed by atoms with Crippen LogP contribution in [0.15, 0.2) is 0 Å². The van der Waals surface area contributed by atoms with E-state index in [1.807, 2.05) is 0 Å². The van der Waals surface area contributed by atoms with E-state index < -0.39 is 0 Å². The van der Waals surface area contributed by atoms with Crippen molar-refractivity contribution in [3.05, 3.63) is 0 Å². The van der Waals surface area contributed by atoms with Gasteiger partial charge in [0.2, 0.25) is 0 Å². The van der Waals surface area contributed by atoms with Crippen LogP contribution in [0.2, 0.25) is 18.1 Å². The van der Waals surface area contributed by atoms with Crippen molar-refractivity contribution in [2.75, 3.05) is 0 Å². The fourth-order valence-electron chi connectivity index (χ4n) is 3.67. The smallest absolute Gasteiger partial charge is 0.0479 e. The van der Waals surface area contributed by atoms with Crippen LogP contribution in [0.5, 0.6) is 0 Å². The van der Waals surface area contributed by atoms with Gasteiger partial charge in [-0.1, -0.05) is 66.9 Å². The highest BCUT2D eigenvalue weighted by Gasteiger charge is 2.30. The highest BCUT2D eigenvalue weighted by molar-refractivity contribution is 14.1. The highest BCUT2D eigenvalue weighted by atomic mass is 127. The van der Waals surface area contributed by atoms with Crippen LogP contribution < -0.4 is 0 Å². The number of halogens is 1. The van der Waals surface area contributed by atoms with Crippen molar-refractivity contribution < 1.29 is 0 Å². The van der Waals surface area contributed by atoms with E-state index in [2.05, 4.69) is 29.5 Å². The molecular formula is C14H26ISi. The lowest BCUT2D eigenvalue weighted by Crippen LogP contribution is -2.28. The Hall–Kier alpha value is 0.947. The molecule has 2 aliphatic rings. The topological polar surface area (TPSA) is 0 Å². The zero-order valence-corrected chi connectivity index (χ0v) is 13.8. The molecule has 16 heavy (non-hydrogen) atoms. The lowest BCUT2D eigenvalue weighted by atomic mass is 9.77. The van der Waals surface area contributed by atoms with E-state index in [0.29, 0.717) is 0 Å². The molecule has 0 N–H and O–H groups in total. The summed E-state index contributed by atoms with van der Waals surface area (Å²) < 4.78 is 0.997. The molecule has 2 fully saturated rings. The van der Waals surface area contributed by atoms with Crippen LogP contribution in [0.1, 0.15) is 51.9 Å². The van der Waals surface area contributed by atoms with Crippen LogP contribution in [0.3, 0.4) is 0 Å². The fourth-order valence-corrected chi connectivity index (χ4v) is 7.41. The summed E-state index contributed by atoms with van der Waals surface area (Å²) in [7, 11) is 0.119. The maximum atomic E-state index is 2.66. The molecule has 0 aromatic carbocycles. The maximum Gasteiger partial charge on any atom is 0.0479 e. The highest BCUT2D eigenvalue weighted by Crippen LogP contribution is 2.40. The van der Waals surface area contributed by atoms with Gasteiger partial charge in [-0.25, -0.2) is 0 Å². The van der Waals surface area contributed by atoms with E-state index in [-0.39, 0.29) is 8.80 Å². The van der Waals surface area contributed by atoms with Gasteiger partial charge in [0.05, 0.1) is 0 Å². The first-order valence-corrected chi connectivity index (χ1v) is 10.6. The Morgan fingerprint density at radius 2 is 1.50 bits per heavy atom. The van der Waals surface area contributed by atoms with Gasteiger partial charge < -0.3 is 0 Å². The van der Waals surface area contributed by atoms with Crippen LogP contribution in [0.4, 0.5) is 0 Å². The first kappa shape index (κ1) is 13.4. The average Bonchev–Trinajstić information content (AvgIpc) is 2.32. The second-order valence-corrected chi connectivity index (χ2v) is 10.6. The van der Waals surface area contributed by atoms with Crippen LogP contribution in [-0.2, 0) is 0 Å². The van der Waals surface area contributed by atoms with E-state index in [9.17, 15) is 0 Å². The summed E-state index contributed by atoms with van der Waals surface area (Å²) in [5.41, 5.74) is 0. The maximum absolute atomic E-state index is 2.66. The Bertz CT molecular complexity index is 191. The summed E-state index contributed by atoms with van der Waals surface area (Å²) in [6.07, 6.45) is 10.8. The number of rotatable bonds is 3. The first-order valence-electron chi connectivity index (χ1n) is 7.27. The minimum absolute atomic E-state index is 0.119. The van der Waals surface area contributed by atoms with Crippen LogP contribution in [0.25, 0.3) is 0 Å². The van der Waals surface area contributed by atoms with Crippen molar-refractivity contribution in [1.82, 2.24) is 0 Å². The molecule has 0 aromatic rings. The molecule has 2 rings (SSSR count). The standard InChI is InChI=1S/C14H26ISi/c1-2-9-16-10-7-13(8-11-16)12-3-5-14(15)6-4-12/h12-14H,2-11H2,1H3. The van der Waals surface area contributed by atoms with Crippen molar-refractivity contribution >= 4 is 31.4 Å². The predicted octanol–water partition coefficient (Wildman–Crippen LogP) is 5.30. The SMILES string of the molecule is CCC[Si]1CCC(C2CCC(I)CC2)CC1. The largest absolute Gasteiger partial charge is 0.0826 e. The molecule has 1 heterocycles. The third kappa shape index (κ3) is 3.72. The van der Waals surface area contributed by atoms with Gasteiger partial charge in [0.15, 0.2) is 0 Å². The van der Waals surface area contributed by atoms with Crippen molar-refractivity contribution in [2.45, 2.75) is 73.9 Å². The minimum Gasteiger partial charge on any atom is -0.0826 e. The quantitative estimate of drug-likeness (QED) is 0.369. The summed E-state index contributed by atoms with van der Waals surface area (Å²) in [6.45, 7) is 2.37. The molecule has 0 atom stereocenters. The van der Waals surface area contributed by atoms with Gasteiger partial charge in [0.1, 0.15) is 0 Å². The van der Waals surface area contributed by atoms with Gasteiger partial charge in [-0.05, 0) is 37.5 Å². The Labute approximate surface area is 117 Å². The normalized spacial score (nSPS) is 34.1. The van der Waals surface area contributed by atoms with Gasteiger partial charge in [-0.15, -0.1) is 0 Å². The van der Waals surface area contributed by atoms with E-state index in [1.165, 1.54) is 19.3 Å². The third-order valence-corrected chi connectivity index (χ3v) is 9.15. The molecule has 1 saturated carbocycles. The molecular weight excluding hydrogens is 323 g/mol. The molecule has 0 aromatic heterocycles. The Balaban J connectivity index is 1.72. The van der Waals surface area contributed by atoms with Crippen LogP contribution >= 0.6 is 22.6 Å². The van der Waals surface area contributed by atoms with Crippen molar-refractivity contribution in [3.8, 4) is 0 Å². The van der Waals surface area contributed by atoms with Gasteiger partial charge in [-0.3, -0.25) is 0 Å². The lowest BCUT2D eigenvalue weighted by molar-refractivity contribution is 0.236. The third-order valence-electron chi connectivity index (χ3n) is 4.71. The molecule has 0 unspecified atom stereocenters. The summed E-state index contributed by atoms with van der Waals surface area (Å²) in [4.78, 5) is 0. The fraction of sp³-hybridized carbons (Fsp3) is 1.00. The lowest BCUT2D eigenvalue weighted by Gasteiger charge is -2.36. The number of hydrogen-bond acceptors (Lipinski definition) is 0. The van der Waals surface area contributed by atoms with Gasteiger partial charge in [0.25, 0.3) is 0 Å². The Kier molecular flexibility index (Phi) is 5.66. The Morgan fingerprint density at radius 3 is 2.06 bits per heavy atom. The van der Waals surface area contributed by atoms with E-state index in [4.69, 9.17) is 0 Å². The second kappa shape index (κ2) is 6.77. The molecule has 0 spiro atoms. The van der Waals surface area contributed by atoms with Crippen LogP contribution in [-0.4, -0.2) is 12.7 Å². The van der Waals surface area contributed by atoms with Crippen molar-refractivity contribution in [3.63, 3.8) is 0 Å². The zero-order chi connectivity index (χ0) is 11.4. The summed E-state index contributed by atoms with van der Waals surface area (Å²) >= 11 is 2.66. The van der Waals surface area contributed by atoms with Crippen molar-refractivity contribution in [2.24, 2.45) is 11.8 Å². The molecule has 93 valence electrons. The molecule has 1 aliphatic heterocycles. The van der Waals surface area contributed by atoms with Crippen LogP contribution in [0, 0.1) is 11.8 Å². The summed E-state index contributed by atoms with van der Waals surface area (Å²) in [5.74, 6) is 2.26. The first-order chi connectivity index (χ1) is 7.79. The summed E-state index contributed by atoms with van der Waals surface area (Å²) in [5, 5.41) is 0. The molecule has 0 amide bonds. The molecule has 0 nitrogen and oxygen atoms in total. The molecule has 1 aliphatic carbocycles. The van der Waals surface area contributed by atoms with Gasteiger partial charge >= 0.3 is 0 Å². The predicted molar refractivity (Wildman–Crippen MR) is 83.0 cm³/mol. The second-order valence-electron chi connectivity index (χ2n) is 5.85. The minimum atomic E-state index is 0.119. The van der Waals surface area contributed by atoms with E-state index in [0.717, 1.165) is 15.8 Å². The van der Waals surface area contributed by atoms with Gasteiger partial charge in [-0.2, -0.15) is 0 Å². The zero-order valence-electron chi connectivity index (χ0n) is 10.7. The molecule has 2 heteroatoms. The van der Waals surface area contributed by atoms with E-state index in [1.54, 1.807) is 43.8 Å². The van der Waals surface area contributed by atoms with E-state index >= 15 is 0 Å². The molecule has 1 saturated heterocycles. The molecule has 1 radical (unpaired) electrons. The number of hydrogen-bond donors (Lipinski definition) is 0. The average molecular weight is 349 g/mol.